The van der Waals surface area contributed by atoms with Crippen LogP contribution >= 0.6 is 11.3 Å². The zero-order valence-corrected chi connectivity index (χ0v) is 13.5. The molecular weight excluding hydrogens is 314 g/mol. The smallest absolute Gasteiger partial charge is 0.187 e. The third kappa shape index (κ3) is 2.85. The predicted octanol–water partition coefficient (Wildman–Crippen LogP) is 5.58. The van der Waals surface area contributed by atoms with Gasteiger partial charge in [-0.2, -0.15) is 5.26 Å². The third-order valence-corrected chi connectivity index (χ3v) is 4.57. The maximum absolute atomic E-state index is 8.84. The Balaban J connectivity index is 1.60. The highest BCUT2D eigenvalue weighted by Gasteiger charge is 2.06. The van der Waals surface area contributed by atoms with Gasteiger partial charge in [-0.1, -0.05) is 36.4 Å². The first-order valence-electron chi connectivity index (χ1n) is 7.54. The Labute approximate surface area is 143 Å². The van der Waals surface area contributed by atoms with Crippen LogP contribution < -0.4 is 5.32 Å². The summed E-state index contributed by atoms with van der Waals surface area (Å²) >= 11 is 1.57. The molecule has 4 rings (SSSR count). The molecule has 1 N–H and O–H groups in total. The summed E-state index contributed by atoms with van der Waals surface area (Å²) in [7, 11) is 0. The van der Waals surface area contributed by atoms with Gasteiger partial charge in [0.05, 0.1) is 17.3 Å². The first kappa shape index (κ1) is 14.4. The van der Waals surface area contributed by atoms with Crippen LogP contribution in [0.15, 0.2) is 72.1 Å². The number of hydrogen-bond donors (Lipinski definition) is 1. The fourth-order valence-corrected chi connectivity index (χ4v) is 3.30. The van der Waals surface area contributed by atoms with Crippen molar-refractivity contribution in [2.24, 2.45) is 0 Å². The van der Waals surface area contributed by atoms with Gasteiger partial charge in [-0.25, -0.2) is 4.98 Å². The van der Waals surface area contributed by atoms with Gasteiger partial charge in [-0.05, 0) is 41.1 Å². The Bertz CT molecular complexity index is 1040. The van der Waals surface area contributed by atoms with Gasteiger partial charge in [-0.15, -0.1) is 11.3 Å². The van der Waals surface area contributed by atoms with E-state index in [9.17, 15) is 0 Å². The molecule has 0 aliphatic heterocycles. The lowest BCUT2D eigenvalue weighted by molar-refractivity contribution is 1.38. The molecule has 114 valence electrons. The minimum absolute atomic E-state index is 0.650. The summed E-state index contributed by atoms with van der Waals surface area (Å²) in [5.74, 6) is 0. The van der Waals surface area contributed by atoms with Crippen molar-refractivity contribution in [3.8, 4) is 17.3 Å². The summed E-state index contributed by atoms with van der Waals surface area (Å²) < 4.78 is 0. The summed E-state index contributed by atoms with van der Waals surface area (Å²) in [4.78, 5) is 4.67. The van der Waals surface area contributed by atoms with Crippen LogP contribution in [-0.4, -0.2) is 4.98 Å². The fraction of sp³-hybridized carbons (Fsp3) is 0. The van der Waals surface area contributed by atoms with Crippen LogP contribution in [0.1, 0.15) is 5.56 Å². The molecule has 0 spiro atoms. The molecule has 0 radical (unpaired) electrons. The Hall–Kier alpha value is -3.16. The summed E-state index contributed by atoms with van der Waals surface area (Å²) in [6, 6.07) is 24.2. The second-order valence-corrected chi connectivity index (χ2v) is 6.27. The van der Waals surface area contributed by atoms with Crippen molar-refractivity contribution in [2.75, 3.05) is 5.32 Å². The number of thiazole rings is 1. The number of fused-ring (bicyclic) bond motifs is 1. The van der Waals surface area contributed by atoms with E-state index in [2.05, 4.69) is 52.1 Å². The molecule has 0 fully saturated rings. The van der Waals surface area contributed by atoms with Crippen molar-refractivity contribution in [1.29, 1.82) is 5.26 Å². The molecular formula is C20H13N3S. The zero-order valence-electron chi connectivity index (χ0n) is 12.7. The van der Waals surface area contributed by atoms with E-state index < -0.39 is 0 Å². The van der Waals surface area contributed by atoms with Crippen LogP contribution in [0.4, 0.5) is 10.8 Å². The molecule has 0 saturated heterocycles. The van der Waals surface area contributed by atoms with Crippen molar-refractivity contribution >= 4 is 32.9 Å². The largest absolute Gasteiger partial charge is 0.332 e. The Kier molecular flexibility index (Phi) is 3.70. The normalized spacial score (nSPS) is 10.5. The monoisotopic (exact) mass is 327 g/mol. The molecule has 4 aromatic rings. The van der Waals surface area contributed by atoms with Gasteiger partial charge in [0.15, 0.2) is 5.13 Å². The molecule has 1 aromatic heterocycles. The van der Waals surface area contributed by atoms with Crippen LogP contribution in [-0.2, 0) is 0 Å². The van der Waals surface area contributed by atoms with Crippen molar-refractivity contribution in [1.82, 2.24) is 4.98 Å². The van der Waals surface area contributed by atoms with Crippen molar-refractivity contribution < 1.29 is 0 Å². The van der Waals surface area contributed by atoms with Gasteiger partial charge < -0.3 is 5.32 Å². The lowest BCUT2D eigenvalue weighted by atomic mass is 10.1. The summed E-state index contributed by atoms with van der Waals surface area (Å²) in [5.41, 5.74) is 3.64. The summed E-state index contributed by atoms with van der Waals surface area (Å²) in [6.07, 6.45) is 0. The molecule has 0 bridgehead atoms. The minimum atomic E-state index is 0.650. The minimum Gasteiger partial charge on any atom is -0.332 e. The fourth-order valence-electron chi connectivity index (χ4n) is 2.56. The van der Waals surface area contributed by atoms with E-state index in [4.69, 9.17) is 5.26 Å². The number of nitriles is 1. The highest BCUT2D eigenvalue weighted by Crippen LogP contribution is 2.29. The van der Waals surface area contributed by atoms with E-state index in [0.717, 1.165) is 22.1 Å². The number of rotatable bonds is 3. The van der Waals surface area contributed by atoms with E-state index in [1.54, 1.807) is 23.5 Å². The van der Waals surface area contributed by atoms with E-state index in [1.165, 1.54) is 10.8 Å². The molecule has 0 amide bonds. The molecule has 4 heteroatoms. The van der Waals surface area contributed by atoms with Crippen LogP contribution in [0.25, 0.3) is 22.0 Å². The van der Waals surface area contributed by atoms with E-state index in [0.29, 0.717) is 5.56 Å². The molecule has 3 aromatic carbocycles. The second-order valence-electron chi connectivity index (χ2n) is 5.41. The molecule has 24 heavy (non-hydrogen) atoms. The first-order valence-corrected chi connectivity index (χ1v) is 8.42. The van der Waals surface area contributed by atoms with Crippen molar-refractivity contribution in [2.45, 2.75) is 0 Å². The van der Waals surface area contributed by atoms with Gasteiger partial charge in [-0.3, -0.25) is 0 Å². The number of nitrogens with zero attached hydrogens (tertiary/aromatic N) is 2. The number of nitrogens with one attached hydrogen (secondary N) is 1. The van der Waals surface area contributed by atoms with Crippen LogP contribution in [0.2, 0.25) is 0 Å². The third-order valence-electron chi connectivity index (χ3n) is 3.81. The van der Waals surface area contributed by atoms with Crippen LogP contribution in [0.5, 0.6) is 0 Å². The number of aromatic nitrogens is 1. The standard InChI is InChI=1S/C20H13N3S/c21-12-14-5-9-18(10-6-14)22-20-23-19(13-24-20)17-8-7-15-3-1-2-4-16(15)11-17/h1-11,13H,(H,22,23). The Morgan fingerprint density at radius 3 is 2.50 bits per heavy atom. The lowest BCUT2D eigenvalue weighted by Crippen LogP contribution is -1.89. The molecule has 1 heterocycles. The average molecular weight is 327 g/mol. The maximum atomic E-state index is 8.84. The Morgan fingerprint density at radius 1 is 0.917 bits per heavy atom. The number of benzene rings is 3. The van der Waals surface area contributed by atoms with Gasteiger partial charge in [0, 0.05) is 16.6 Å². The van der Waals surface area contributed by atoms with E-state index in [1.807, 2.05) is 24.3 Å². The molecule has 0 saturated carbocycles. The molecule has 0 atom stereocenters. The van der Waals surface area contributed by atoms with Gasteiger partial charge in [0.2, 0.25) is 0 Å². The summed E-state index contributed by atoms with van der Waals surface area (Å²) in [5, 5.41) is 17.5. The van der Waals surface area contributed by atoms with Gasteiger partial charge >= 0.3 is 0 Å². The SMILES string of the molecule is N#Cc1ccc(Nc2nc(-c3ccc4ccccc4c3)cs2)cc1. The molecule has 0 unspecified atom stereocenters. The summed E-state index contributed by atoms with van der Waals surface area (Å²) in [6.45, 7) is 0. The van der Waals surface area contributed by atoms with Crippen molar-refractivity contribution in [3.63, 3.8) is 0 Å². The Morgan fingerprint density at radius 2 is 1.71 bits per heavy atom. The number of anilines is 2. The molecule has 0 aliphatic rings. The second kappa shape index (κ2) is 6.15. The lowest BCUT2D eigenvalue weighted by Gasteiger charge is -2.02. The van der Waals surface area contributed by atoms with Crippen LogP contribution in [0, 0.1) is 11.3 Å². The topological polar surface area (TPSA) is 48.7 Å². The molecule has 0 aliphatic carbocycles. The van der Waals surface area contributed by atoms with E-state index >= 15 is 0 Å². The van der Waals surface area contributed by atoms with Gasteiger partial charge in [0.1, 0.15) is 0 Å². The van der Waals surface area contributed by atoms with Crippen molar-refractivity contribution in [3.05, 3.63) is 77.7 Å². The van der Waals surface area contributed by atoms with Crippen LogP contribution in [0.3, 0.4) is 0 Å². The molecule has 3 nitrogen and oxygen atoms in total. The zero-order chi connectivity index (χ0) is 16.4. The number of hydrogen-bond acceptors (Lipinski definition) is 4. The van der Waals surface area contributed by atoms with E-state index in [-0.39, 0.29) is 0 Å². The average Bonchev–Trinajstić information content (AvgIpc) is 3.10. The highest BCUT2D eigenvalue weighted by molar-refractivity contribution is 7.14. The first-order chi connectivity index (χ1) is 11.8. The maximum Gasteiger partial charge on any atom is 0.187 e. The van der Waals surface area contributed by atoms with Gasteiger partial charge in [0.25, 0.3) is 0 Å². The highest BCUT2D eigenvalue weighted by atomic mass is 32.1. The predicted molar refractivity (Wildman–Crippen MR) is 99.5 cm³/mol. The quantitative estimate of drug-likeness (QED) is 0.534.